The van der Waals surface area contributed by atoms with Crippen LogP contribution in [0, 0.1) is 0 Å². The molecule has 0 aliphatic carbocycles. The summed E-state index contributed by atoms with van der Waals surface area (Å²) >= 11 is 5.97. The Morgan fingerprint density at radius 2 is 1.71 bits per heavy atom. The molecule has 0 unspecified atom stereocenters. The van der Waals surface area contributed by atoms with Gasteiger partial charge in [0.1, 0.15) is 5.82 Å². The second-order valence-corrected chi connectivity index (χ2v) is 5.22. The van der Waals surface area contributed by atoms with Crippen molar-refractivity contribution in [2.24, 2.45) is 0 Å². The number of halogens is 1. The molecule has 0 saturated carbocycles. The van der Waals surface area contributed by atoms with Crippen molar-refractivity contribution in [2.75, 3.05) is 36.0 Å². The molecule has 3 heterocycles. The summed E-state index contributed by atoms with van der Waals surface area (Å²) in [7, 11) is 0. The summed E-state index contributed by atoms with van der Waals surface area (Å²) in [6, 6.07) is 3.66. The van der Waals surface area contributed by atoms with Crippen LogP contribution < -0.4 is 9.80 Å². The first kappa shape index (κ1) is 14.0. The number of pyridine rings is 1. The maximum atomic E-state index is 9.28. The van der Waals surface area contributed by atoms with Crippen LogP contribution in [0.1, 0.15) is 5.56 Å². The van der Waals surface area contributed by atoms with Gasteiger partial charge in [0, 0.05) is 50.3 Å². The van der Waals surface area contributed by atoms with Crippen molar-refractivity contribution in [1.29, 1.82) is 0 Å². The van der Waals surface area contributed by atoms with E-state index in [-0.39, 0.29) is 6.61 Å². The van der Waals surface area contributed by atoms with E-state index in [0.29, 0.717) is 10.6 Å². The second kappa shape index (κ2) is 6.24. The van der Waals surface area contributed by atoms with Crippen molar-refractivity contribution >= 4 is 23.4 Å². The molecule has 110 valence electrons. The Labute approximate surface area is 128 Å². The molecule has 0 atom stereocenters. The van der Waals surface area contributed by atoms with Crippen molar-refractivity contribution in [3.63, 3.8) is 0 Å². The molecule has 6 nitrogen and oxygen atoms in total. The average molecular weight is 306 g/mol. The Kier molecular flexibility index (Phi) is 4.17. The SMILES string of the molecule is OCc1cc(N2CCN(c3ncccn3)CC2)ncc1Cl. The van der Waals surface area contributed by atoms with Gasteiger partial charge in [-0.1, -0.05) is 11.6 Å². The van der Waals surface area contributed by atoms with Crippen LogP contribution in [-0.4, -0.2) is 46.2 Å². The molecule has 1 N–H and O–H groups in total. The van der Waals surface area contributed by atoms with E-state index in [0.717, 1.165) is 37.9 Å². The maximum absolute atomic E-state index is 9.28. The number of hydrogen-bond acceptors (Lipinski definition) is 6. The van der Waals surface area contributed by atoms with Crippen molar-refractivity contribution in [1.82, 2.24) is 15.0 Å². The maximum Gasteiger partial charge on any atom is 0.225 e. The van der Waals surface area contributed by atoms with Gasteiger partial charge in [0.15, 0.2) is 0 Å². The Morgan fingerprint density at radius 1 is 1.05 bits per heavy atom. The molecule has 2 aromatic heterocycles. The Balaban J connectivity index is 1.68. The number of anilines is 2. The van der Waals surface area contributed by atoms with Crippen LogP contribution in [0.3, 0.4) is 0 Å². The molecule has 1 saturated heterocycles. The third kappa shape index (κ3) is 3.06. The lowest BCUT2D eigenvalue weighted by molar-refractivity contribution is 0.282. The van der Waals surface area contributed by atoms with E-state index < -0.39 is 0 Å². The fourth-order valence-electron chi connectivity index (χ4n) is 2.35. The van der Waals surface area contributed by atoms with Crippen LogP contribution in [0.25, 0.3) is 0 Å². The molecule has 0 aromatic carbocycles. The zero-order chi connectivity index (χ0) is 14.7. The number of aromatic nitrogens is 3. The molecule has 1 aliphatic heterocycles. The number of aliphatic hydroxyl groups is 1. The highest BCUT2D eigenvalue weighted by atomic mass is 35.5. The topological polar surface area (TPSA) is 65.4 Å². The van der Waals surface area contributed by atoms with Crippen LogP contribution in [0.2, 0.25) is 5.02 Å². The molecular formula is C14H16ClN5O. The van der Waals surface area contributed by atoms with Gasteiger partial charge in [0.25, 0.3) is 0 Å². The second-order valence-electron chi connectivity index (χ2n) is 4.81. The first-order valence-electron chi connectivity index (χ1n) is 6.80. The highest BCUT2D eigenvalue weighted by Gasteiger charge is 2.20. The third-order valence-corrected chi connectivity index (χ3v) is 3.87. The molecular weight excluding hydrogens is 290 g/mol. The van der Waals surface area contributed by atoms with E-state index in [1.54, 1.807) is 18.6 Å². The number of aliphatic hydroxyl groups excluding tert-OH is 1. The quantitative estimate of drug-likeness (QED) is 0.923. The summed E-state index contributed by atoms with van der Waals surface area (Å²) in [5.74, 6) is 1.61. The standard InChI is InChI=1S/C14H16ClN5O/c15-12-9-18-13(8-11(12)10-21)19-4-6-20(7-5-19)14-16-2-1-3-17-14/h1-3,8-9,21H,4-7,10H2. The minimum atomic E-state index is -0.0772. The van der Waals surface area contributed by atoms with E-state index in [4.69, 9.17) is 11.6 Å². The highest BCUT2D eigenvalue weighted by molar-refractivity contribution is 6.31. The average Bonchev–Trinajstić information content (AvgIpc) is 2.56. The van der Waals surface area contributed by atoms with Crippen molar-refractivity contribution in [3.8, 4) is 0 Å². The molecule has 7 heteroatoms. The first-order valence-corrected chi connectivity index (χ1v) is 7.18. The lowest BCUT2D eigenvalue weighted by Crippen LogP contribution is -2.47. The zero-order valence-electron chi connectivity index (χ0n) is 11.5. The minimum absolute atomic E-state index is 0.0772. The number of hydrogen-bond donors (Lipinski definition) is 1. The normalized spacial score (nSPS) is 15.3. The summed E-state index contributed by atoms with van der Waals surface area (Å²) in [5.41, 5.74) is 0.704. The summed E-state index contributed by atoms with van der Waals surface area (Å²) < 4.78 is 0. The Hall–Kier alpha value is -1.92. The lowest BCUT2D eigenvalue weighted by atomic mass is 10.2. The molecule has 0 spiro atoms. The van der Waals surface area contributed by atoms with Crippen molar-refractivity contribution in [3.05, 3.63) is 41.3 Å². The summed E-state index contributed by atoms with van der Waals surface area (Å²) in [4.78, 5) is 17.2. The number of nitrogens with zero attached hydrogens (tertiary/aromatic N) is 5. The van der Waals surface area contributed by atoms with Gasteiger partial charge < -0.3 is 14.9 Å². The van der Waals surface area contributed by atoms with Crippen LogP contribution in [0.15, 0.2) is 30.7 Å². The van der Waals surface area contributed by atoms with Crippen LogP contribution >= 0.6 is 11.6 Å². The first-order chi connectivity index (χ1) is 10.3. The van der Waals surface area contributed by atoms with Gasteiger partial charge in [-0.2, -0.15) is 0 Å². The zero-order valence-corrected chi connectivity index (χ0v) is 12.2. The van der Waals surface area contributed by atoms with Crippen LogP contribution in [-0.2, 0) is 6.61 Å². The van der Waals surface area contributed by atoms with Crippen LogP contribution in [0.5, 0.6) is 0 Å². The molecule has 21 heavy (non-hydrogen) atoms. The van der Waals surface area contributed by atoms with Gasteiger partial charge in [-0.05, 0) is 12.1 Å². The monoisotopic (exact) mass is 305 g/mol. The van der Waals surface area contributed by atoms with Gasteiger partial charge in [0.2, 0.25) is 5.95 Å². The van der Waals surface area contributed by atoms with Crippen LogP contribution in [0.4, 0.5) is 11.8 Å². The molecule has 1 aliphatic rings. The lowest BCUT2D eigenvalue weighted by Gasteiger charge is -2.35. The molecule has 3 rings (SSSR count). The highest BCUT2D eigenvalue weighted by Crippen LogP contribution is 2.22. The van der Waals surface area contributed by atoms with E-state index in [1.807, 2.05) is 12.1 Å². The molecule has 0 amide bonds. The molecule has 2 aromatic rings. The van der Waals surface area contributed by atoms with Crippen molar-refractivity contribution < 1.29 is 5.11 Å². The predicted octanol–water partition coefficient (Wildman–Crippen LogP) is 1.34. The van der Waals surface area contributed by atoms with Gasteiger partial charge in [-0.15, -0.1) is 0 Å². The van der Waals surface area contributed by atoms with E-state index >= 15 is 0 Å². The predicted molar refractivity (Wildman–Crippen MR) is 81.6 cm³/mol. The number of piperazine rings is 1. The Bertz CT molecular complexity index is 602. The fraction of sp³-hybridized carbons (Fsp3) is 0.357. The molecule has 1 fully saturated rings. The number of rotatable bonds is 3. The van der Waals surface area contributed by atoms with Gasteiger partial charge in [-0.25, -0.2) is 15.0 Å². The minimum Gasteiger partial charge on any atom is -0.392 e. The van der Waals surface area contributed by atoms with E-state index in [1.165, 1.54) is 0 Å². The smallest absolute Gasteiger partial charge is 0.225 e. The third-order valence-electron chi connectivity index (χ3n) is 3.53. The molecule has 0 radical (unpaired) electrons. The van der Waals surface area contributed by atoms with Gasteiger partial charge in [0.05, 0.1) is 11.6 Å². The summed E-state index contributed by atoms with van der Waals surface area (Å²) in [5, 5.41) is 9.77. The Morgan fingerprint density at radius 3 is 2.38 bits per heavy atom. The largest absolute Gasteiger partial charge is 0.392 e. The van der Waals surface area contributed by atoms with Gasteiger partial charge >= 0.3 is 0 Å². The van der Waals surface area contributed by atoms with Gasteiger partial charge in [-0.3, -0.25) is 0 Å². The molecule has 0 bridgehead atoms. The summed E-state index contributed by atoms with van der Waals surface area (Å²) in [6.45, 7) is 3.26. The van der Waals surface area contributed by atoms with Crippen molar-refractivity contribution in [2.45, 2.75) is 6.61 Å². The van der Waals surface area contributed by atoms with E-state index in [2.05, 4.69) is 24.8 Å². The summed E-state index contributed by atoms with van der Waals surface area (Å²) in [6.07, 6.45) is 5.10. The van der Waals surface area contributed by atoms with E-state index in [9.17, 15) is 5.11 Å². The fourth-order valence-corrected chi connectivity index (χ4v) is 2.52.